The van der Waals surface area contributed by atoms with Crippen LogP contribution >= 0.6 is 11.3 Å². The highest BCUT2D eigenvalue weighted by atomic mass is 32.2. The molecule has 0 radical (unpaired) electrons. The van der Waals surface area contributed by atoms with Gasteiger partial charge in [0.1, 0.15) is 21.3 Å². The summed E-state index contributed by atoms with van der Waals surface area (Å²) in [4.78, 5) is 37.7. The Morgan fingerprint density at radius 2 is 1.69 bits per heavy atom. The fourth-order valence-electron chi connectivity index (χ4n) is 5.69. The first kappa shape index (κ1) is 27.9. The van der Waals surface area contributed by atoms with E-state index in [1.165, 1.54) is 12.3 Å². The summed E-state index contributed by atoms with van der Waals surface area (Å²) in [6, 6.07) is 1.11. The van der Waals surface area contributed by atoms with Crippen LogP contribution in [0.25, 0.3) is 10.4 Å². The van der Waals surface area contributed by atoms with Gasteiger partial charge in [-0.1, -0.05) is 0 Å². The predicted octanol–water partition coefficient (Wildman–Crippen LogP) is 4.43. The number of pyridine rings is 1. The lowest BCUT2D eigenvalue weighted by Crippen LogP contribution is -2.41. The van der Waals surface area contributed by atoms with E-state index in [0.29, 0.717) is 0 Å². The topological polar surface area (TPSA) is 121 Å². The van der Waals surface area contributed by atoms with E-state index < -0.39 is 27.7 Å². The van der Waals surface area contributed by atoms with Gasteiger partial charge in [-0.2, -0.15) is 0 Å². The second kappa shape index (κ2) is 10.4. The lowest BCUT2D eigenvalue weighted by Gasteiger charge is -2.23. The number of sulfone groups is 1. The van der Waals surface area contributed by atoms with E-state index in [1.807, 2.05) is 20.8 Å². The Kier molecular flexibility index (Phi) is 7.42. The lowest BCUT2D eigenvalue weighted by atomic mass is 10.0. The van der Waals surface area contributed by atoms with Crippen molar-refractivity contribution in [1.29, 1.82) is 0 Å². The molecule has 5 heterocycles. The molecule has 0 saturated carbocycles. The van der Waals surface area contributed by atoms with Crippen LogP contribution in [0.1, 0.15) is 91.6 Å². The number of alkyl halides is 2. The summed E-state index contributed by atoms with van der Waals surface area (Å²) in [6.45, 7) is 5.67. The van der Waals surface area contributed by atoms with Gasteiger partial charge in [-0.05, 0) is 65.4 Å². The normalized spacial score (nSPS) is 22.9. The van der Waals surface area contributed by atoms with Gasteiger partial charge < -0.3 is 15.5 Å². The van der Waals surface area contributed by atoms with Crippen LogP contribution in [-0.2, 0) is 9.84 Å². The van der Waals surface area contributed by atoms with Crippen LogP contribution in [0.15, 0.2) is 12.3 Å². The van der Waals surface area contributed by atoms with Gasteiger partial charge in [0.05, 0.1) is 16.4 Å². The number of rotatable bonds is 6. The van der Waals surface area contributed by atoms with Gasteiger partial charge in [0.2, 0.25) is 0 Å². The third-order valence-electron chi connectivity index (χ3n) is 7.52. The average molecular weight is 582 g/mol. The Balaban J connectivity index is 1.52. The molecule has 2 bridgehead atoms. The number of amides is 2. The lowest BCUT2D eigenvalue weighted by molar-refractivity contribution is 0.0725. The fraction of sp³-hybridized carbons (Fsp3) is 0.615. The highest BCUT2D eigenvalue weighted by molar-refractivity contribution is 7.91. The molecule has 3 fully saturated rings. The Morgan fingerprint density at radius 1 is 1.08 bits per heavy atom. The van der Waals surface area contributed by atoms with Crippen LogP contribution in [0.4, 0.5) is 14.6 Å². The number of halogens is 2. The summed E-state index contributed by atoms with van der Waals surface area (Å²) in [6.07, 6.45) is 2.61. The van der Waals surface area contributed by atoms with Crippen molar-refractivity contribution in [3.8, 4) is 10.4 Å². The second-order valence-corrected chi connectivity index (χ2v) is 14.9. The highest BCUT2D eigenvalue weighted by Crippen LogP contribution is 2.42. The van der Waals surface area contributed by atoms with Crippen molar-refractivity contribution in [2.75, 3.05) is 16.8 Å². The van der Waals surface area contributed by atoms with Gasteiger partial charge in [0.25, 0.3) is 18.2 Å². The van der Waals surface area contributed by atoms with Crippen molar-refractivity contribution in [2.45, 2.75) is 89.4 Å². The molecule has 0 atom stereocenters. The molecule has 0 spiro atoms. The Bertz CT molecular complexity index is 1360. The smallest absolute Gasteiger partial charge is 0.280 e. The summed E-state index contributed by atoms with van der Waals surface area (Å²) in [5, 5.41) is 5.89. The molecule has 2 aromatic rings. The van der Waals surface area contributed by atoms with Gasteiger partial charge in [0.15, 0.2) is 5.01 Å². The van der Waals surface area contributed by atoms with Gasteiger partial charge in [-0.15, -0.1) is 11.3 Å². The van der Waals surface area contributed by atoms with E-state index >= 15 is 0 Å². The van der Waals surface area contributed by atoms with Crippen LogP contribution in [0.5, 0.6) is 0 Å². The minimum Gasteiger partial charge on any atom is -0.365 e. The maximum atomic E-state index is 14.3. The number of nitrogens with zero attached hydrogens (tertiary/aromatic N) is 3. The summed E-state index contributed by atoms with van der Waals surface area (Å²) in [7, 11) is -3.11. The summed E-state index contributed by atoms with van der Waals surface area (Å²) in [5.74, 6) is -0.651. The van der Waals surface area contributed by atoms with E-state index in [-0.39, 0.29) is 80.9 Å². The van der Waals surface area contributed by atoms with E-state index in [4.69, 9.17) is 0 Å². The minimum atomic E-state index is -3.11. The molecule has 0 aliphatic carbocycles. The zero-order valence-corrected chi connectivity index (χ0v) is 23.8. The Labute approximate surface area is 230 Å². The number of hydrogen-bond donors (Lipinski definition) is 2. The summed E-state index contributed by atoms with van der Waals surface area (Å²) >= 11 is 0.887. The molecule has 2 aromatic heterocycles. The maximum Gasteiger partial charge on any atom is 0.280 e. The standard InChI is InChI=1S/C26H33F2N5O4S2/c1-26(2,3)32-19-12-17(22(27)28)18(13-29-19)21-20(25(35)33-15-4-5-16(33)7-6-15)31-24(38-21)23(34)30-14-8-10-39(36,37)11-9-14/h12-16,22H,4-11H2,1-3H3,(H,29,32)(H,30,34)/t15-,16-. The number of nitrogens with one attached hydrogen (secondary N) is 2. The van der Waals surface area contributed by atoms with Crippen molar-refractivity contribution in [2.24, 2.45) is 0 Å². The maximum absolute atomic E-state index is 14.3. The summed E-state index contributed by atoms with van der Waals surface area (Å²) < 4.78 is 52.2. The number of carbonyl (C=O) groups is 2. The van der Waals surface area contributed by atoms with Crippen LogP contribution in [0, 0.1) is 0 Å². The number of hydrogen-bond acceptors (Lipinski definition) is 8. The molecule has 0 aromatic carbocycles. The number of anilines is 1. The van der Waals surface area contributed by atoms with Crippen molar-refractivity contribution >= 4 is 38.8 Å². The van der Waals surface area contributed by atoms with Crippen LogP contribution in [-0.4, -0.2) is 70.3 Å². The highest BCUT2D eigenvalue weighted by Gasteiger charge is 2.44. The fourth-order valence-corrected chi connectivity index (χ4v) is 8.17. The third-order valence-corrected chi connectivity index (χ3v) is 10.3. The van der Waals surface area contributed by atoms with Crippen molar-refractivity contribution in [1.82, 2.24) is 20.2 Å². The van der Waals surface area contributed by atoms with E-state index in [0.717, 1.165) is 37.0 Å². The Morgan fingerprint density at radius 3 is 2.26 bits per heavy atom. The SMILES string of the molecule is CC(C)(C)Nc1cc(C(F)F)c(-c2sc(C(=O)NC3CCS(=O)(=O)CC3)nc2C(=O)N2[C@H]3CC[C@H]2CC3)cn1. The molecule has 9 nitrogen and oxygen atoms in total. The quantitative estimate of drug-likeness (QED) is 0.518. The zero-order chi connectivity index (χ0) is 28.1. The van der Waals surface area contributed by atoms with E-state index in [2.05, 4.69) is 20.6 Å². The first-order chi connectivity index (χ1) is 18.3. The zero-order valence-electron chi connectivity index (χ0n) is 22.2. The molecule has 5 rings (SSSR count). The number of fused-ring (bicyclic) bond motifs is 2. The molecule has 3 saturated heterocycles. The second-order valence-electron chi connectivity index (χ2n) is 11.6. The molecule has 0 unspecified atom stereocenters. The molecule has 212 valence electrons. The van der Waals surface area contributed by atoms with E-state index in [1.54, 1.807) is 4.90 Å². The molecule has 39 heavy (non-hydrogen) atoms. The largest absolute Gasteiger partial charge is 0.365 e. The van der Waals surface area contributed by atoms with Crippen LogP contribution in [0.2, 0.25) is 0 Å². The molecule has 2 amide bonds. The summed E-state index contributed by atoms with van der Waals surface area (Å²) in [5.41, 5.74) is -0.656. The third kappa shape index (κ3) is 5.93. The van der Waals surface area contributed by atoms with Crippen LogP contribution in [0.3, 0.4) is 0 Å². The first-order valence-electron chi connectivity index (χ1n) is 13.2. The number of carbonyl (C=O) groups excluding carboxylic acids is 2. The molecule has 13 heteroatoms. The van der Waals surface area contributed by atoms with Crippen molar-refractivity contribution in [3.05, 3.63) is 28.5 Å². The molecule has 3 aliphatic rings. The number of aromatic nitrogens is 2. The average Bonchev–Trinajstić information content (AvgIpc) is 3.58. The molecule has 3 aliphatic heterocycles. The van der Waals surface area contributed by atoms with Crippen LogP contribution < -0.4 is 10.6 Å². The molecular weight excluding hydrogens is 548 g/mol. The van der Waals surface area contributed by atoms with Gasteiger partial charge >= 0.3 is 0 Å². The predicted molar refractivity (Wildman–Crippen MR) is 145 cm³/mol. The molecule has 2 N–H and O–H groups in total. The van der Waals surface area contributed by atoms with Crippen molar-refractivity contribution < 1.29 is 26.8 Å². The van der Waals surface area contributed by atoms with E-state index in [9.17, 15) is 26.8 Å². The minimum absolute atomic E-state index is 0.0130. The Hall–Kier alpha value is -2.67. The van der Waals surface area contributed by atoms with Crippen molar-refractivity contribution in [3.63, 3.8) is 0 Å². The van der Waals surface area contributed by atoms with Gasteiger partial charge in [-0.3, -0.25) is 9.59 Å². The molecular formula is C26H33F2N5O4S2. The van der Waals surface area contributed by atoms with Gasteiger partial charge in [0, 0.05) is 41.0 Å². The number of thiazole rings is 1. The monoisotopic (exact) mass is 581 g/mol. The first-order valence-corrected chi connectivity index (χ1v) is 15.9. The van der Waals surface area contributed by atoms with Gasteiger partial charge in [-0.25, -0.2) is 27.2 Å².